The highest BCUT2D eigenvalue weighted by Gasteiger charge is 2.27. The van der Waals surface area contributed by atoms with Crippen LogP contribution in [0.4, 0.5) is 5.00 Å². The Hall–Kier alpha value is -1.43. The van der Waals surface area contributed by atoms with Gasteiger partial charge >= 0.3 is 0 Å². The Bertz CT molecular complexity index is 402. The zero-order valence-electron chi connectivity index (χ0n) is 8.24. The van der Waals surface area contributed by atoms with Crippen LogP contribution in [0.15, 0.2) is 6.07 Å². The Morgan fingerprint density at radius 1 is 1.73 bits per heavy atom. The first-order chi connectivity index (χ1) is 7.15. The average molecular weight is 225 g/mol. The lowest BCUT2D eigenvalue weighted by molar-refractivity contribution is -0.122. The molecule has 1 aromatic rings. The highest BCUT2D eigenvalue weighted by molar-refractivity contribution is 7.10. The second-order valence-electron chi connectivity index (χ2n) is 3.48. The third-order valence-electron chi connectivity index (χ3n) is 2.19. The molecule has 5 nitrogen and oxygen atoms in total. The van der Waals surface area contributed by atoms with Gasteiger partial charge in [0.2, 0.25) is 11.8 Å². The van der Waals surface area contributed by atoms with E-state index in [0.29, 0.717) is 12.8 Å². The predicted octanol–water partition coefficient (Wildman–Crippen LogP) is 0.669. The standard InChI is InChI=1S/C9H11N3O2S/c1-5-4-8(15-12-5)11-9(14)6-2-3-7(13)10-6/h4,6H,2-3H2,1H3,(H,10,13)(H,11,14). The van der Waals surface area contributed by atoms with Gasteiger partial charge in [0.1, 0.15) is 11.0 Å². The molecule has 1 atom stereocenters. The maximum atomic E-state index is 11.6. The number of rotatable bonds is 2. The quantitative estimate of drug-likeness (QED) is 0.777. The number of nitrogens with one attached hydrogen (secondary N) is 2. The summed E-state index contributed by atoms with van der Waals surface area (Å²) in [4.78, 5) is 22.5. The molecule has 0 saturated carbocycles. The molecule has 0 radical (unpaired) electrons. The van der Waals surface area contributed by atoms with Crippen LogP contribution in [-0.4, -0.2) is 22.2 Å². The van der Waals surface area contributed by atoms with E-state index in [0.717, 1.165) is 10.7 Å². The Morgan fingerprint density at radius 3 is 3.07 bits per heavy atom. The topological polar surface area (TPSA) is 71.1 Å². The molecule has 0 spiro atoms. The van der Waals surface area contributed by atoms with E-state index in [1.165, 1.54) is 11.5 Å². The summed E-state index contributed by atoms with van der Waals surface area (Å²) in [6.07, 6.45) is 1.00. The van der Waals surface area contributed by atoms with Gasteiger partial charge in [-0.1, -0.05) is 0 Å². The van der Waals surface area contributed by atoms with Crippen LogP contribution in [0.5, 0.6) is 0 Å². The Labute approximate surface area is 91.0 Å². The zero-order chi connectivity index (χ0) is 10.8. The minimum Gasteiger partial charge on any atom is -0.344 e. The lowest BCUT2D eigenvalue weighted by Gasteiger charge is -2.08. The highest BCUT2D eigenvalue weighted by atomic mass is 32.1. The molecule has 1 fully saturated rings. The molecular formula is C9H11N3O2S. The van der Waals surface area contributed by atoms with Crippen LogP contribution in [0.1, 0.15) is 18.5 Å². The maximum Gasteiger partial charge on any atom is 0.247 e. The molecule has 2 amide bonds. The van der Waals surface area contributed by atoms with E-state index in [2.05, 4.69) is 15.0 Å². The summed E-state index contributed by atoms with van der Waals surface area (Å²) in [6.45, 7) is 1.86. The van der Waals surface area contributed by atoms with Crippen LogP contribution in [0, 0.1) is 6.92 Å². The van der Waals surface area contributed by atoms with E-state index in [4.69, 9.17) is 0 Å². The fourth-order valence-electron chi connectivity index (χ4n) is 1.44. The van der Waals surface area contributed by atoms with Crippen molar-refractivity contribution in [2.45, 2.75) is 25.8 Å². The molecule has 1 aliphatic heterocycles. The van der Waals surface area contributed by atoms with Crippen molar-refractivity contribution in [3.05, 3.63) is 11.8 Å². The number of carbonyl (C=O) groups is 2. The second kappa shape index (κ2) is 3.98. The molecule has 2 heterocycles. The summed E-state index contributed by atoms with van der Waals surface area (Å²) >= 11 is 1.24. The fraction of sp³-hybridized carbons (Fsp3) is 0.444. The molecule has 15 heavy (non-hydrogen) atoms. The van der Waals surface area contributed by atoms with Crippen LogP contribution in [0.3, 0.4) is 0 Å². The first-order valence-corrected chi connectivity index (χ1v) is 5.46. The number of hydrogen-bond donors (Lipinski definition) is 2. The maximum absolute atomic E-state index is 11.6. The molecule has 1 saturated heterocycles. The summed E-state index contributed by atoms with van der Waals surface area (Å²) < 4.78 is 4.05. The van der Waals surface area contributed by atoms with Crippen molar-refractivity contribution in [3.63, 3.8) is 0 Å². The summed E-state index contributed by atoms with van der Waals surface area (Å²) in [5.74, 6) is -0.222. The summed E-state index contributed by atoms with van der Waals surface area (Å²) in [7, 11) is 0. The third kappa shape index (κ3) is 2.33. The molecule has 1 unspecified atom stereocenters. The number of amides is 2. The lowest BCUT2D eigenvalue weighted by atomic mass is 10.2. The number of carbonyl (C=O) groups excluding carboxylic acids is 2. The van der Waals surface area contributed by atoms with Crippen molar-refractivity contribution in [3.8, 4) is 0 Å². The van der Waals surface area contributed by atoms with Crippen LogP contribution in [-0.2, 0) is 9.59 Å². The van der Waals surface area contributed by atoms with Crippen LogP contribution < -0.4 is 10.6 Å². The van der Waals surface area contributed by atoms with Gasteiger partial charge in [-0.3, -0.25) is 9.59 Å². The van der Waals surface area contributed by atoms with E-state index in [-0.39, 0.29) is 17.9 Å². The lowest BCUT2D eigenvalue weighted by Crippen LogP contribution is -2.37. The monoisotopic (exact) mass is 225 g/mol. The van der Waals surface area contributed by atoms with Crippen molar-refractivity contribution in [1.29, 1.82) is 0 Å². The summed E-state index contributed by atoms with van der Waals surface area (Å²) in [6, 6.07) is 1.42. The minimum absolute atomic E-state index is 0.0596. The average Bonchev–Trinajstić information content (AvgIpc) is 2.75. The van der Waals surface area contributed by atoms with Crippen LogP contribution >= 0.6 is 11.5 Å². The minimum atomic E-state index is -0.389. The number of anilines is 1. The number of aryl methyl sites for hydroxylation is 1. The highest BCUT2D eigenvalue weighted by Crippen LogP contribution is 2.17. The largest absolute Gasteiger partial charge is 0.344 e. The Morgan fingerprint density at radius 2 is 2.53 bits per heavy atom. The predicted molar refractivity (Wildman–Crippen MR) is 56.6 cm³/mol. The van der Waals surface area contributed by atoms with Crippen molar-refractivity contribution in [2.24, 2.45) is 0 Å². The van der Waals surface area contributed by atoms with E-state index in [9.17, 15) is 9.59 Å². The van der Waals surface area contributed by atoms with Crippen molar-refractivity contribution in [2.75, 3.05) is 5.32 Å². The molecule has 2 rings (SSSR count). The van der Waals surface area contributed by atoms with Gasteiger partial charge in [-0.2, -0.15) is 4.37 Å². The Balaban J connectivity index is 1.95. The van der Waals surface area contributed by atoms with Gasteiger partial charge in [-0.25, -0.2) is 0 Å². The molecule has 80 valence electrons. The van der Waals surface area contributed by atoms with E-state index in [1.54, 1.807) is 6.07 Å². The fourth-order valence-corrected chi connectivity index (χ4v) is 2.11. The zero-order valence-corrected chi connectivity index (χ0v) is 9.06. The summed E-state index contributed by atoms with van der Waals surface area (Å²) in [5.41, 5.74) is 0.880. The molecular weight excluding hydrogens is 214 g/mol. The van der Waals surface area contributed by atoms with Gasteiger partial charge in [0, 0.05) is 6.42 Å². The molecule has 2 N–H and O–H groups in total. The molecule has 0 bridgehead atoms. The molecule has 6 heteroatoms. The first kappa shape index (κ1) is 10.1. The molecule has 0 aromatic carbocycles. The number of hydrogen-bond acceptors (Lipinski definition) is 4. The molecule has 1 aromatic heterocycles. The van der Waals surface area contributed by atoms with E-state index >= 15 is 0 Å². The normalized spacial score (nSPS) is 20.1. The number of nitrogens with zero attached hydrogens (tertiary/aromatic N) is 1. The van der Waals surface area contributed by atoms with Gasteiger partial charge in [-0.15, -0.1) is 0 Å². The smallest absolute Gasteiger partial charge is 0.247 e. The van der Waals surface area contributed by atoms with Crippen LogP contribution in [0.25, 0.3) is 0 Å². The Kier molecular flexibility index (Phi) is 2.68. The molecule has 0 aliphatic carbocycles. The van der Waals surface area contributed by atoms with E-state index < -0.39 is 0 Å². The number of aromatic nitrogens is 1. The van der Waals surface area contributed by atoms with Gasteiger partial charge < -0.3 is 10.6 Å². The van der Waals surface area contributed by atoms with Crippen LogP contribution in [0.2, 0.25) is 0 Å². The third-order valence-corrected chi connectivity index (χ3v) is 2.98. The van der Waals surface area contributed by atoms with Gasteiger partial charge in [-0.05, 0) is 30.9 Å². The molecule has 1 aliphatic rings. The van der Waals surface area contributed by atoms with Gasteiger partial charge in [0.25, 0.3) is 0 Å². The SMILES string of the molecule is Cc1cc(NC(=O)C2CCC(=O)N2)sn1. The van der Waals surface area contributed by atoms with Crippen molar-refractivity contribution < 1.29 is 9.59 Å². The van der Waals surface area contributed by atoms with E-state index in [1.807, 2.05) is 6.92 Å². The van der Waals surface area contributed by atoms with Crippen molar-refractivity contribution in [1.82, 2.24) is 9.69 Å². The van der Waals surface area contributed by atoms with Gasteiger partial charge in [0.05, 0.1) is 5.69 Å². The van der Waals surface area contributed by atoms with Crippen molar-refractivity contribution >= 4 is 28.3 Å². The summed E-state index contributed by atoms with van der Waals surface area (Å²) in [5, 5.41) is 6.06. The second-order valence-corrected chi connectivity index (χ2v) is 4.29. The van der Waals surface area contributed by atoms with Gasteiger partial charge in [0.15, 0.2) is 0 Å². The first-order valence-electron chi connectivity index (χ1n) is 4.69.